The summed E-state index contributed by atoms with van der Waals surface area (Å²) in [6.45, 7) is 0.303. The molecule has 178 valence electrons. The summed E-state index contributed by atoms with van der Waals surface area (Å²) in [7, 11) is 0. The molecule has 0 unspecified atom stereocenters. The first kappa shape index (κ1) is 23.1. The summed E-state index contributed by atoms with van der Waals surface area (Å²) in [5, 5.41) is 11.1. The standard InChI is InChI=1S/C28H17ClO7/c29-17-3-1-16(2-4-17)14-34-28(33)21-10-7-20(35-15-30)13-24(21)27-22-8-5-18(31)11-25(22)36-26-12-19(32)6-9-23(26)27/h1-13,15,31H,14H2. The van der Waals surface area contributed by atoms with Crippen LogP contribution in [0.1, 0.15) is 15.9 Å². The molecular formula is C28H17ClO7. The van der Waals surface area contributed by atoms with E-state index < -0.39 is 5.97 Å². The highest BCUT2D eigenvalue weighted by Gasteiger charge is 2.23. The second-order valence-corrected chi connectivity index (χ2v) is 8.38. The molecule has 0 fully saturated rings. The van der Waals surface area contributed by atoms with E-state index in [2.05, 4.69) is 0 Å². The lowest BCUT2D eigenvalue weighted by atomic mass is 9.90. The van der Waals surface area contributed by atoms with Gasteiger partial charge >= 0.3 is 5.97 Å². The molecule has 3 aromatic carbocycles. The van der Waals surface area contributed by atoms with Gasteiger partial charge in [0.2, 0.25) is 0 Å². The van der Waals surface area contributed by atoms with Gasteiger partial charge < -0.3 is 19.0 Å². The molecule has 1 aliphatic heterocycles. The van der Waals surface area contributed by atoms with Crippen LogP contribution in [0.15, 0.2) is 88.1 Å². The van der Waals surface area contributed by atoms with Crippen LogP contribution >= 0.6 is 11.6 Å². The summed E-state index contributed by atoms with van der Waals surface area (Å²) in [5.41, 5.74) is 2.47. The van der Waals surface area contributed by atoms with Crippen molar-refractivity contribution in [3.8, 4) is 33.9 Å². The maximum Gasteiger partial charge on any atom is 0.339 e. The minimum absolute atomic E-state index is 0.0149. The number of benzene rings is 4. The molecule has 1 N–H and O–H groups in total. The molecule has 36 heavy (non-hydrogen) atoms. The Labute approximate surface area is 209 Å². The first-order chi connectivity index (χ1) is 17.4. The van der Waals surface area contributed by atoms with Gasteiger partial charge in [0.05, 0.1) is 5.56 Å². The number of rotatable bonds is 6. The third-order valence-corrected chi connectivity index (χ3v) is 5.88. The number of hydrogen-bond acceptors (Lipinski definition) is 7. The SMILES string of the molecule is O=COc1ccc(C(=O)OCc2ccc(Cl)cc2)c(-c2c3ccc(=O)cc-3oc3cc(O)ccc23)c1. The van der Waals surface area contributed by atoms with Crippen molar-refractivity contribution in [2.45, 2.75) is 6.61 Å². The monoisotopic (exact) mass is 500 g/mol. The zero-order chi connectivity index (χ0) is 25.2. The Hall–Kier alpha value is -4.62. The molecule has 2 aliphatic rings. The molecule has 0 aromatic heterocycles. The highest BCUT2D eigenvalue weighted by molar-refractivity contribution is 6.30. The van der Waals surface area contributed by atoms with E-state index in [1.54, 1.807) is 42.5 Å². The quantitative estimate of drug-likeness (QED) is 0.178. The van der Waals surface area contributed by atoms with Crippen LogP contribution in [0.4, 0.5) is 0 Å². The fourth-order valence-electron chi connectivity index (χ4n) is 3.99. The minimum atomic E-state index is -0.612. The van der Waals surface area contributed by atoms with E-state index in [1.165, 1.54) is 36.4 Å². The molecule has 0 atom stereocenters. The maximum atomic E-state index is 13.3. The van der Waals surface area contributed by atoms with E-state index in [-0.39, 0.29) is 41.3 Å². The number of hydrogen-bond donors (Lipinski definition) is 1. The number of fused-ring (bicyclic) bond motifs is 2. The number of phenolic OH excluding ortho intramolecular Hbond substituents is 1. The lowest BCUT2D eigenvalue weighted by Gasteiger charge is -2.18. The molecule has 0 spiro atoms. The van der Waals surface area contributed by atoms with Gasteiger partial charge in [-0.05, 0) is 60.2 Å². The molecule has 5 rings (SSSR count). The van der Waals surface area contributed by atoms with Crippen LogP contribution in [0, 0.1) is 0 Å². The average Bonchev–Trinajstić information content (AvgIpc) is 2.86. The summed E-state index contributed by atoms with van der Waals surface area (Å²) >= 11 is 5.93. The van der Waals surface area contributed by atoms with E-state index >= 15 is 0 Å². The first-order valence-corrected chi connectivity index (χ1v) is 11.2. The van der Waals surface area contributed by atoms with E-state index in [9.17, 15) is 19.5 Å². The maximum absolute atomic E-state index is 13.3. The van der Waals surface area contributed by atoms with Crippen molar-refractivity contribution < 1.29 is 28.6 Å². The zero-order valence-electron chi connectivity index (χ0n) is 18.6. The van der Waals surface area contributed by atoms with Gasteiger partial charge in [-0.25, -0.2) is 4.79 Å². The summed E-state index contributed by atoms with van der Waals surface area (Å²) in [5.74, 6) is -0.178. The molecule has 0 saturated carbocycles. The van der Waals surface area contributed by atoms with Crippen molar-refractivity contribution in [1.29, 1.82) is 0 Å². The van der Waals surface area contributed by atoms with Crippen LogP contribution in [-0.4, -0.2) is 17.5 Å². The molecule has 3 aromatic rings. The van der Waals surface area contributed by atoms with Gasteiger partial charge in [-0.1, -0.05) is 23.7 Å². The Morgan fingerprint density at radius 2 is 1.75 bits per heavy atom. The second-order valence-electron chi connectivity index (χ2n) is 7.94. The number of carbonyl (C=O) groups excluding carboxylic acids is 2. The van der Waals surface area contributed by atoms with Crippen molar-refractivity contribution in [3.63, 3.8) is 0 Å². The largest absolute Gasteiger partial charge is 0.508 e. The summed E-state index contributed by atoms with van der Waals surface area (Å²) in [4.78, 5) is 36.3. The highest BCUT2D eigenvalue weighted by atomic mass is 35.5. The van der Waals surface area contributed by atoms with Gasteiger partial charge in [-0.2, -0.15) is 0 Å². The molecule has 0 radical (unpaired) electrons. The average molecular weight is 501 g/mol. The molecule has 7 nitrogen and oxygen atoms in total. The first-order valence-electron chi connectivity index (χ1n) is 10.8. The highest BCUT2D eigenvalue weighted by Crippen LogP contribution is 2.43. The normalized spacial score (nSPS) is 10.9. The van der Waals surface area contributed by atoms with Crippen molar-refractivity contribution >= 4 is 35.0 Å². The number of carbonyl (C=O) groups is 2. The number of esters is 1. The second kappa shape index (κ2) is 9.56. The minimum Gasteiger partial charge on any atom is -0.508 e. The fourth-order valence-corrected chi connectivity index (χ4v) is 4.12. The van der Waals surface area contributed by atoms with Crippen LogP contribution in [-0.2, 0) is 16.1 Å². The lowest BCUT2D eigenvalue weighted by molar-refractivity contribution is -0.120. The van der Waals surface area contributed by atoms with E-state index in [4.69, 9.17) is 25.5 Å². The van der Waals surface area contributed by atoms with Gasteiger partial charge in [-0.15, -0.1) is 0 Å². The van der Waals surface area contributed by atoms with Crippen molar-refractivity contribution in [3.05, 3.63) is 105 Å². The van der Waals surface area contributed by atoms with E-state index in [1.807, 2.05) is 0 Å². The van der Waals surface area contributed by atoms with Gasteiger partial charge in [0.25, 0.3) is 6.47 Å². The molecule has 0 amide bonds. The van der Waals surface area contributed by atoms with Crippen molar-refractivity contribution in [1.82, 2.24) is 0 Å². The molecule has 8 heteroatoms. The van der Waals surface area contributed by atoms with E-state index in [0.717, 1.165) is 5.56 Å². The number of halogens is 1. The van der Waals surface area contributed by atoms with Gasteiger partial charge in [0.1, 0.15) is 29.4 Å². The summed E-state index contributed by atoms with van der Waals surface area (Å²) < 4.78 is 16.5. The third-order valence-electron chi connectivity index (χ3n) is 5.62. The van der Waals surface area contributed by atoms with Gasteiger partial charge in [-0.3, -0.25) is 9.59 Å². The Balaban J connectivity index is 1.69. The Morgan fingerprint density at radius 1 is 0.944 bits per heavy atom. The number of ether oxygens (including phenoxy) is 2. The third kappa shape index (κ3) is 4.52. The predicted octanol–water partition coefficient (Wildman–Crippen LogP) is 5.82. The van der Waals surface area contributed by atoms with Crippen molar-refractivity contribution in [2.24, 2.45) is 0 Å². The number of aromatic hydroxyl groups is 1. The Morgan fingerprint density at radius 3 is 2.53 bits per heavy atom. The van der Waals surface area contributed by atoms with Crippen LogP contribution < -0.4 is 10.2 Å². The topological polar surface area (TPSA) is 103 Å². The summed E-state index contributed by atoms with van der Waals surface area (Å²) in [6.07, 6.45) is 0. The fraction of sp³-hybridized carbons (Fsp3) is 0.0357. The van der Waals surface area contributed by atoms with Gasteiger partial charge in [0, 0.05) is 39.2 Å². The Kier molecular flexibility index (Phi) is 6.14. The molecular weight excluding hydrogens is 484 g/mol. The van der Waals surface area contributed by atoms with Crippen LogP contribution in [0.5, 0.6) is 11.5 Å². The smallest absolute Gasteiger partial charge is 0.339 e. The molecule has 0 saturated heterocycles. The molecule has 1 heterocycles. The number of phenols is 1. The Bertz CT molecular complexity index is 1640. The van der Waals surface area contributed by atoms with Gasteiger partial charge in [0.15, 0.2) is 5.43 Å². The lowest BCUT2D eigenvalue weighted by Crippen LogP contribution is -2.08. The van der Waals surface area contributed by atoms with Crippen molar-refractivity contribution in [2.75, 3.05) is 0 Å². The predicted molar refractivity (Wildman–Crippen MR) is 133 cm³/mol. The molecule has 1 aliphatic carbocycles. The van der Waals surface area contributed by atoms with E-state index in [0.29, 0.717) is 32.7 Å². The summed E-state index contributed by atoms with van der Waals surface area (Å²) in [6, 6.07) is 20.3. The molecule has 0 bridgehead atoms. The zero-order valence-corrected chi connectivity index (χ0v) is 19.3. The van der Waals surface area contributed by atoms with Crippen LogP contribution in [0.3, 0.4) is 0 Å². The van der Waals surface area contributed by atoms with Crippen LogP contribution in [0.2, 0.25) is 5.02 Å². The van der Waals surface area contributed by atoms with Crippen LogP contribution in [0.25, 0.3) is 33.4 Å².